The minimum Gasteiger partial charge on any atom is -0.391 e. The van der Waals surface area contributed by atoms with Gasteiger partial charge in [-0.2, -0.15) is 4.37 Å². The molecular weight excluding hydrogens is 172 g/mol. The van der Waals surface area contributed by atoms with Gasteiger partial charge in [-0.25, -0.2) is 0 Å². The second-order valence-electron chi connectivity index (χ2n) is 3.20. The van der Waals surface area contributed by atoms with Crippen LogP contribution in [0.3, 0.4) is 0 Å². The molecule has 2 N–H and O–H groups in total. The zero-order valence-corrected chi connectivity index (χ0v) is 7.77. The van der Waals surface area contributed by atoms with Gasteiger partial charge in [0.25, 0.3) is 0 Å². The summed E-state index contributed by atoms with van der Waals surface area (Å²) in [7, 11) is 0. The summed E-state index contributed by atoms with van der Waals surface area (Å²) in [5.41, 5.74) is 1.05. The van der Waals surface area contributed by atoms with E-state index in [1.807, 2.05) is 6.92 Å². The number of β-amino-alcohol motifs (C(OH)–C–C–N with tert-alkyl or cyclic N) is 1. The average molecular weight is 184 g/mol. The average Bonchev–Trinajstić information content (AvgIpc) is 2.58. The molecule has 0 aromatic carbocycles. The molecule has 2 heterocycles. The highest BCUT2D eigenvalue weighted by atomic mass is 32.1. The molecule has 12 heavy (non-hydrogen) atoms. The maximum atomic E-state index is 9.57. The molecule has 0 amide bonds. The lowest BCUT2D eigenvalue weighted by Gasteiger charge is -2.08. The van der Waals surface area contributed by atoms with Gasteiger partial charge in [0.2, 0.25) is 0 Å². The van der Waals surface area contributed by atoms with Crippen LogP contribution in [0.5, 0.6) is 0 Å². The van der Waals surface area contributed by atoms with Crippen molar-refractivity contribution >= 4 is 11.5 Å². The van der Waals surface area contributed by atoms with Gasteiger partial charge in [0.15, 0.2) is 0 Å². The molecular formula is C8H12N2OS. The van der Waals surface area contributed by atoms with E-state index in [0.717, 1.165) is 12.2 Å². The van der Waals surface area contributed by atoms with Crippen LogP contribution >= 0.6 is 11.5 Å². The molecule has 0 aliphatic carbocycles. The fourth-order valence-electron chi connectivity index (χ4n) is 1.51. The van der Waals surface area contributed by atoms with Crippen molar-refractivity contribution in [2.45, 2.75) is 18.9 Å². The van der Waals surface area contributed by atoms with Crippen molar-refractivity contribution in [2.75, 3.05) is 13.1 Å². The number of nitrogens with zero attached hydrogens (tertiary/aromatic N) is 1. The maximum Gasteiger partial charge on any atom is 0.0753 e. The Morgan fingerprint density at radius 1 is 1.67 bits per heavy atom. The first-order valence-corrected chi connectivity index (χ1v) is 4.86. The van der Waals surface area contributed by atoms with Gasteiger partial charge in [-0.1, -0.05) is 0 Å². The van der Waals surface area contributed by atoms with Crippen LogP contribution < -0.4 is 5.32 Å². The SMILES string of the molecule is Cc1cc(C2CNCC2O)sn1. The molecule has 1 saturated heterocycles. The van der Waals surface area contributed by atoms with Gasteiger partial charge in [0.1, 0.15) is 0 Å². The number of aromatic nitrogens is 1. The molecule has 66 valence electrons. The molecule has 4 heteroatoms. The maximum absolute atomic E-state index is 9.57. The quantitative estimate of drug-likeness (QED) is 0.668. The van der Waals surface area contributed by atoms with E-state index in [2.05, 4.69) is 15.8 Å². The number of hydrogen-bond donors (Lipinski definition) is 2. The Hall–Kier alpha value is -0.450. The molecule has 2 atom stereocenters. The monoisotopic (exact) mass is 184 g/mol. The summed E-state index contributed by atoms with van der Waals surface area (Å²) in [6, 6.07) is 2.06. The summed E-state index contributed by atoms with van der Waals surface area (Å²) >= 11 is 1.50. The first-order valence-electron chi connectivity index (χ1n) is 4.09. The van der Waals surface area contributed by atoms with Crippen LogP contribution in [0.1, 0.15) is 16.5 Å². The van der Waals surface area contributed by atoms with E-state index in [-0.39, 0.29) is 12.0 Å². The predicted molar refractivity (Wildman–Crippen MR) is 48.5 cm³/mol. The Balaban J connectivity index is 2.19. The largest absolute Gasteiger partial charge is 0.391 e. The number of aliphatic hydroxyl groups is 1. The summed E-state index contributed by atoms with van der Waals surface area (Å²) in [5.74, 6) is 0.260. The number of aliphatic hydroxyl groups excluding tert-OH is 1. The van der Waals surface area contributed by atoms with Crippen LogP contribution in [0, 0.1) is 6.92 Å². The van der Waals surface area contributed by atoms with Crippen molar-refractivity contribution in [3.8, 4) is 0 Å². The van der Waals surface area contributed by atoms with Gasteiger partial charge in [0, 0.05) is 23.9 Å². The van der Waals surface area contributed by atoms with Crippen molar-refractivity contribution in [1.29, 1.82) is 0 Å². The molecule has 1 aliphatic rings. The van der Waals surface area contributed by atoms with E-state index in [1.165, 1.54) is 16.4 Å². The van der Waals surface area contributed by atoms with Crippen molar-refractivity contribution in [1.82, 2.24) is 9.69 Å². The summed E-state index contributed by atoms with van der Waals surface area (Å²) in [5, 5.41) is 12.7. The Bertz CT molecular complexity index is 274. The van der Waals surface area contributed by atoms with Crippen LogP contribution in [0.4, 0.5) is 0 Å². The molecule has 1 aliphatic heterocycles. The Morgan fingerprint density at radius 3 is 3.00 bits per heavy atom. The minimum atomic E-state index is -0.232. The topological polar surface area (TPSA) is 45.1 Å². The fraction of sp³-hybridized carbons (Fsp3) is 0.625. The Kier molecular flexibility index (Phi) is 2.12. The molecule has 2 unspecified atom stereocenters. The lowest BCUT2D eigenvalue weighted by Crippen LogP contribution is -2.15. The third kappa shape index (κ3) is 1.37. The molecule has 0 saturated carbocycles. The van der Waals surface area contributed by atoms with Gasteiger partial charge >= 0.3 is 0 Å². The van der Waals surface area contributed by atoms with Crippen molar-refractivity contribution in [3.05, 3.63) is 16.6 Å². The van der Waals surface area contributed by atoms with Gasteiger partial charge in [-0.3, -0.25) is 0 Å². The van der Waals surface area contributed by atoms with Gasteiger partial charge in [-0.05, 0) is 24.5 Å². The van der Waals surface area contributed by atoms with Crippen molar-refractivity contribution in [2.24, 2.45) is 0 Å². The van der Waals surface area contributed by atoms with Crippen LogP contribution in [-0.4, -0.2) is 28.7 Å². The molecule has 1 aromatic heterocycles. The second-order valence-corrected chi connectivity index (χ2v) is 4.04. The highest BCUT2D eigenvalue weighted by Crippen LogP contribution is 2.26. The smallest absolute Gasteiger partial charge is 0.0753 e. The van der Waals surface area contributed by atoms with Crippen LogP contribution in [0.15, 0.2) is 6.07 Å². The van der Waals surface area contributed by atoms with E-state index in [0.29, 0.717) is 6.54 Å². The normalized spacial score (nSPS) is 29.5. The highest BCUT2D eigenvalue weighted by molar-refractivity contribution is 7.05. The molecule has 1 fully saturated rings. The lowest BCUT2D eigenvalue weighted by molar-refractivity contribution is 0.179. The molecule has 2 rings (SSSR count). The summed E-state index contributed by atoms with van der Waals surface area (Å²) in [6.07, 6.45) is -0.232. The number of rotatable bonds is 1. The Morgan fingerprint density at radius 2 is 2.50 bits per heavy atom. The summed E-state index contributed by atoms with van der Waals surface area (Å²) < 4.78 is 4.20. The summed E-state index contributed by atoms with van der Waals surface area (Å²) in [6.45, 7) is 3.57. The first kappa shape index (κ1) is 8.16. The van der Waals surface area contributed by atoms with Crippen LogP contribution in [-0.2, 0) is 0 Å². The predicted octanol–water partition coefficient (Wildman–Crippen LogP) is 0.499. The zero-order chi connectivity index (χ0) is 8.55. The molecule has 0 radical (unpaired) electrons. The van der Waals surface area contributed by atoms with Gasteiger partial charge < -0.3 is 10.4 Å². The van der Waals surface area contributed by atoms with Crippen LogP contribution in [0.2, 0.25) is 0 Å². The second kappa shape index (κ2) is 3.12. The third-order valence-corrected chi connectivity index (χ3v) is 3.20. The molecule has 0 bridgehead atoms. The lowest BCUT2D eigenvalue weighted by atomic mass is 10.0. The van der Waals surface area contributed by atoms with Gasteiger partial charge in [0.05, 0.1) is 11.8 Å². The Labute approximate surface area is 75.6 Å². The highest BCUT2D eigenvalue weighted by Gasteiger charge is 2.27. The van der Waals surface area contributed by atoms with Crippen molar-refractivity contribution < 1.29 is 5.11 Å². The third-order valence-electron chi connectivity index (χ3n) is 2.19. The zero-order valence-electron chi connectivity index (χ0n) is 6.95. The van der Waals surface area contributed by atoms with E-state index in [1.54, 1.807) is 0 Å². The molecule has 0 spiro atoms. The van der Waals surface area contributed by atoms with Gasteiger partial charge in [-0.15, -0.1) is 0 Å². The number of nitrogens with one attached hydrogen (secondary N) is 1. The summed E-state index contributed by atoms with van der Waals surface area (Å²) in [4.78, 5) is 1.20. The molecule has 3 nitrogen and oxygen atoms in total. The van der Waals surface area contributed by atoms with E-state index < -0.39 is 0 Å². The van der Waals surface area contributed by atoms with E-state index in [4.69, 9.17) is 0 Å². The minimum absolute atomic E-state index is 0.232. The standard InChI is InChI=1S/C8H12N2OS/c1-5-2-8(12-10-5)6-3-9-4-7(6)11/h2,6-7,9,11H,3-4H2,1H3. The first-order chi connectivity index (χ1) is 5.77. The number of hydrogen-bond acceptors (Lipinski definition) is 4. The van der Waals surface area contributed by atoms with Crippen LogP contribution in [0.25, 0.3) is 0 Å². The number of aryl methyl sites for hydroxylation is 1. The van der Waals surface area contributed by atoms with E-state index in [9.17, 15) is 5.11 Å². The fourth-order valence-corrected chi connectivity index (χ4v) is 2.41. The van der Waals surface area contributed by atoms with E-state index >= 15 is 0 Å². The molecule has 1 aromatic rings. The van der Waals surface area contributed by atoms with Crippen molar-refractivity contribution in [3.63, 3.8) is 0 Å².